The summed E-state index contributed by atoms with van der Waals surface area (Å²) >= 11 is 3.41. The van der Waals surface area contributed by atoms with Gasteiger partial charge in [0.25, 0.3) is 0 Å². The average molecular weight is 274 g/mol. The molecule has 92 valence electrons. The molecule has 1 N–H and O–H groups in total. The predicted molar refractivity (Wildman–Crippen MR) is 79.7 cm³/mol. The minimum absolute atomic E-state index is 0.504. The maximum absolute atomic E-state index is 10.5. The van der Waals surface area contributed by atoms with Crippen molar-refractivity contribution in [2.75, 3.05) is 0 Å². The molecule has 1 atom stereocenters. The summed E-state index contributed by atoms with van der Waals surface area (Å²) in [6.45, 7) is 4.13. The van der Waals surface area contributed by atoms with Crippen LogP contribution in [-0.2, 0) is 0 Å². The molecule has 3 heteroatoms. The van der Waals surface area contributed by atoms with Crippen LogP contribution in [0.2, 0.25) is 0 Å². The highest BCUT2D eigenvalue weighted by molar-refractivity contribution is 7.26. The average Bonchev–Trinajstić information content (AvgIpc) is 2.87. The third-order valence-corrected chi connectivity index (χ3v) is 5.29. The molecular weight excluding hydrogens is 260 g/mol. The Kier molecular flexibility index (Phi) is 2.98. The number of aliphatic hydroxyl groups is 1. The minimum atomic E-state index is -0.504. The lowest BCUT2D eigenvalue weighted by molar-refractivity contribution is 0.223. The molecule has 0 saturated heterocycles. The highest BCUT2D eigenvalue weighted by atomic mass is 32.1. The normalized spacial score (nSPS) is 13.1. The molecule has 0 fully saturated rings. The van der Waals surface area contributed by atoms with Crippen molar-refractivity contribution in [3.8, 4) is 0 Å². The Bertz CT molecular complexity index is 665. The molecule has 0 bridgehead atoms. The van der Waals surface area contributed by atoms with Crippen LogP contribution in [0, 0.1) is 13.8 Å². The van der Waals surface area contributed by atoms with Gasteiger partial charge in [-0.15, -0.1) is 22.7 Å². The molecular formula is C15H14OS2. The van der Waals surface area contributed by atoms with Gasteiger partial charge in [-0.05, 0) is 42.5 Å². The molecule has 18 heavy (non-hydrogen) atoms. The topological polar surface area (TPSA) is 20.2 Å². The Labute approximate surface area is 114 Å². The van der Waals surface area contributed by atoms with Crippen LogP contribution in [0.1, 0.15) is 27.7 Å². The van der Waals surface area contributed by atoms with Gasteiger partial charge >= 0.3 is 0 Å². The molecule has 2 aromatic heterocycles. The zero-order valence-corrected chi connectivity index (χ0v) is 11.9. The third kappa shape index (κ3) is 1.99. The molecule has 0 radical (unpaired) electrons. The summed E-state index contributed by atoms with van der Waals surface area (Å²) in [5.74, 6) is 0. The highest BCUT2D eigenvalue weighted by Crippen LogP contribution is 2.36. The monoisotopic (exact) mass is 274 g/mol. The molecule has 0 spiro atoms. The van der Waals surface area contributed by atoms with E-state index in [1.807, 2.05) is 6.07 Å². The smallest absolute Gasteiger partial charge is 0.114 e. The molecule has 3 aromatic rings. The second-order valence-corrected chi connectivity index (χ2v) is 6.62. The van der Waals surface area contributed by atoms with Gasteiger partial charge in [0.2, 0.25) is 0 Å². The Hall–Kier alpha value is -1.16. The van der Waals surface area contributed by atoms with Crippen molar-refractivity contribution in [2.45, 2.75) is 20.0 Å². The van der Waals surface area contributed by atoms with E-state index < -0.39 is 6.10 Å². The van der Waals surface area contributed by atoms with Gasteiger partial charge in [0.15, 0.2) is 0 Å². The van der Waals surface area contributed by atoms with Gasteiger partial charge in [0, 0.05) is 14.3 Å². The van der Waals surface area contributed by atoms with Gasteiger partial charge in [-0.3, -0.25) is 0 Å². The number of aryl methyl sites for hydroxylation is 2. The van der Waals surface area contributed by atoms with Crippen LogP contribution >= 0.6 is 22.7 Å². The fraction of sp³-hybridized carbons (Fsp3) is 0.200. The summed E-state index contributed by atoms with van der Waals surface area (Å²) in [4.78, 5) is 1.03. The number of benzene rings is 1. The van der Waals surface area contributed by atoms with Gasteiger partial charge in [0.05, 0.1) is 0 Å². The molecule has 3 rings (SSSR count). The Balaban J connectivity index is 2.03. The van der Waals surface area contributed by atoms with Crippen molar-refractivity contribution in [1.82, 2.24) is 0 Å². The highest BCUT2D eigenvalue weighted by Gasteiger charge is 2.16. The van der Waals surface area contributed by atoms with Crippen molar-refractivity contribution in [2.24, 2.45) is 0 Å². The first-order chi connectivity index (χ1) is 8.65. The number of rotatable bonds is 2. The van der Waals surface area contributed by atoms with Crippen molar-refractivity contribution in [1.29, 1.82) is 0 Å². The van der Waals surface area contributed by atoms with Crippen LogP contribution in [-0.4, -0.2) is 5.11 Å². The van der Waals surface area contributed by atoms with Crippen LogP contribution in [0.3, 0.4) is 0 Å². The van der Waals surface area contributed by atoms with E-state index in [1.165, 1.54) is 15.0 Å². The maximum Gasteiger partial charge on any atom is 0.114 e. The van der Waals surface area contributed by atoms with E-state index in [1.54, 1.807) is 22.7 Å². The first-order valence-electron chi connectivity index (χ1n) is 5.87. The predicted octanol–water partition coefficient (Wildman–Crippen LogP) is 4.66. The lowest BCUT2D eigenvalue weighted by atomic mass is 10.0. The van der Waals surface area contributed by atoms with Crippen LogP contribution < -0.4 is 0 Å². The van der Waals surface area contributed by atoms with Crippen LogP contribution in [0.15, 0.2) is 35.7 Å². The van der Waals surface area contributed by atoms with Crippen molar-refractivity contribution < 1.29 is 5.11 Å². The number of thiophene rings is 2. The Morgan fingerprint density at radius 3 is 2.61 bits per heavy atom. The first kappa shape index (κ1) is 11.9. The fourth-order valence-electron chi connectivity index (χ4n) is 2.20. The van der Waals surface area contributed by atoms with Gasteiger partial charge < -0.3 is 5.11 Å². The quantitative estimate of drug-likeness (QED) is 0.720. The maximum atomic E-state index is 10.5. The van der Waals surface area contributed by atoms with Crippen LogP contribution in [0.5, 0.6) is 0 Å². The third-order valence-electron chi connectivity index (χ3n) is 3.15. The van der Waals surface area contributed by atoms with Crippen LogP contribution in [0.4, 0.5) is 0 Å². The number of fused-ring (bicyclic) bond motifs is 1. The van der Waals surface area contributed by atoms with E-state index in [2.05, 4.69) is 43.5 Å². The van der Waals surface area contributed by atoms with Gasteiger partial charge in [0.1, 0.15) is 6.10 Å². The Morgan fingerprint density at radius 2 is 1.89 bits per heavy atom. The molecule has 0 aliphatic heterocycles. The summed E-state index contributed by atoms with van der Waals surface area (Å²) in [6.07, 6.45) is -0.504. The lowest BCUT2D eigenvalue weighted by Crippen LogP contribution is -1.99. The van der Waals surface area contributed by atoms with E-state index in [9.17, 15) is 5.11 Å². The second-order valence-electron chi connectivity index (χ2n) is 4.56. The standard InChI is InChI=1S/C15H14OS2/c1-9-3-4-11(10(2)7-9)15(16)14-8-13-12(18-14)5-6-17-13/h3-8,15-16H,1-2H3. The molecule has 0 aliphatic carbocycles. The summed E-state index contributed by atoms with van der Waals surface area (Å²) in [5, 5.41) is 12.6. The van der Waals surface area contributed by atoms with E-state index in [-0.39, 0.29) is 0 Å². The zero-order chi connectivity index (χ0) is 12.7. The summed E-state index contributed by atoms with van der Waals surface area (Å²) < 4.78 is 2.53. The van der Waals surface area contributed by atoms with E-state index in [0.29, 0.717) is 0 Å². The van der Waals surface area contributed by atoms with Crippen molar-refractivity contribution in [3.63, 3.8) is 0 Å². The molecule has 1 nitrogen and oxygen atoms in total. The number of hydrogen-bond donors (Lipinski definition) is 1. The van der Waals surface area contributed by atoms with Crippen molar-refractivity contribution in [3.05, 3.63) is 57.3 Å². The SMILES string of the molecule is Cc1ccc(C(O)c2cc3sccc3s2)c(C)c1. The van der Waals surface area contributed by atoms with Gasteiger partial charge in [-0.1, -0.05) is 23.8 Å². The molecule has 0 saturated carbocycles. The van der Waals surface area contributed by atoms with E-state index in [4.69, 9.17) is 0 Å². The largest absolute Gasteiger partial charge is 0.383 e. The second kappa shape index (κ2) is 4.50. The fourth-order valence-corrected chi connectivity index (χ4v) is 4.33. The molecule has 0 amide bonds. The van der Waals surface area contributed by atoms with E-state index in [0.717, 1.165) is 16.0 Å². The molecule has 1 aromatic carbocycles. The number of aliphatic hydroxyl groups excluding tert-OH is 1. The molecule has 2 heterocycles. The molecule has 0 aliphatic rings. The summed E-state index contributed by atoms with van der Waals surface area (Å²) in [6, 6.07) is 10.4. The van der Waals surface area contributed by atoms with Gasteiger partial charge in [-0.2, -0.15) is 0 Å². The zero-order valence-electron chi connectivity index (χ0n) is 10.3. The Morgan fingerprint density at radius 1 is 1.06 bits per heavy atom. The minimum Gasteiger partial charge on any atom is -0.383 e. The van der Waals surface area contributed by atoms with E-state index >= 15 is 0 Å². The summed E-state index contributed by atoms with van der Waals surface area (Å²) in [7, 11) is 0. The van der Waals surface area contributed by atoms with Gasteiger partial charge in [-0.25, -0.2) is 0 Å². The molecule has 1 unspecified atom stereocenters. The van der Waals surface area contributed by atoms with Crippen molar-refractivity contribution >= 4 is 32.1 Å². The first-order valence-corrected chi connectivity index (χ1v) is 7.57. The summed E-state index contributed by atoms with van der Waals surface area (Å²) in [5.41, 5.74) is 3.39. The number of hydrogen-bond acceptors (Lipinski definition) is 3. The lowest BCUT2D eigenvalue weighted by Gasteiger charge is -2.12. The van der Waals surface area contributed by atoms with Crippen LogP contribution in [0.25, 0.3) is 9.40 Å².